The number of hydrogen-bond acceptors (Lipinski definition) is 3. The van der Waals surface area contributed by atoms with Crippen LogP contribution in [0.3, 0.4) is 0 Å². The number of nitrogens with zero attached hydrogens (tertiary/aromatic N) is 2. The smallest absolute Gasteiger partial charge is 0.275 e. The number of anilines is 1. The van der Waals surface area contributed by atoms with Crippen LogP contribution in [0.15, 0.2) is 48.7 Å². The van der Waals surface area contributed by atoms with Crippen LogP contribution in [0.2, 0.25) is 5.02 Å². The molecule has 0 spiro atoms. The molecule has 0 saturated carbocycles. The van der Waals surface area contributed by atoms with E-state index in [1.165, 1.54) is 0 Å². The fraction of sp³-hybridized carbons (Fsp3) is 0.0625. The zero-order valence-electron chi connectivity index (χ0n) is 11.3. The predicted octanol–water partition coefficient (Wildman–Crippen LogP) is 3.84. The molecule has 21 heavy (non-hydrogen) atoms. The third-order valence-electron chi connectivity index (χ3n) is 3.04. The molecule has 0 unspecified atom stereocenters. The average Bonchev–Trinajstić information content (AvgIpc) is 2.48. The van der Waals surface area contributed by atoms with Gasteiger partial charge < -0.3 is 5.32 Å². The van der Waals surface area contributed by atoms with Crippen molar-refractivity contribution in [3.05, 3.63) is 64.9 Å². The lowest BCUT2D eigenvalue weighted by Gasteiger charge is -2.05. The summed E-state index contributed by atoms with van der Waals surface area (Å²) < 4.78 is 0. The van der Waals surface area contributed by atoms with E-state index in [4.69, 9.17) is 11.6 Å². The Bertz CT molecular complexity index is 815. The fourth-order valence-corrected chi connectivity index (χ4v) is 2.11. The zero-order valence-corrected chi connectivity index (χ0v) is 12.1. The monoisotopic (exact) mass is 297 g/mol. The summed E-state index contributed by atoms with van der Waals surface area (Å²) in [7, 11) is 0. The second-order valence-corrected chi connectivity index (χ2v) is 5.14. The van der Waals surface area contributed by atoms with Crippen molar-refractivity contribution in [1.29, 1.82) is 0 Å². The van der Waals surface area contributed by atoms with Crippen molar-refractivity contribution in [2.75, 3.05) is 5.32 Å². The lowest BCUT2D eigenvalue weighted by molar-refractivity contribution is 0.102. The number of nitrogens with one attached hydrogen (secondary N) is 1. The van der Waals surface area contributed by atoms with E-state index < -0.39 is 0 Å². The molecule has 5 heteroatoms. The van der Waals surface area contributed by atoms with Gasteiger partial charge in [-0.2, -0.15) is 0 Å². The molecular formula is C16H12ClN3O. The molecule has 1 amide bonds. The number of aromatic nitrogens is 2. The summed E-state index contributed by atoms with van der Waals surface area (Å²) >= 11 is 5.94. The Morgan fingerprint density at radius 3 is 2.71 bits per heavy atom. The van der Waals surface area contributed by atoms with Gasteiger partial charge in [-0.1, -0.05) is 29.8 Å². The lowest BCUT2D eigenvalue weighted by atomic mass is 10.2. The van der Waals surface area contributed by atoms with Crippen LogP contribution in [-0.2, 0) is 0 Å². The summed E-state index contributed by atoms with van der Waals surface area (Å²) in [5.74, 6) is 0.201. The van der Waals surface area contributed by atoms with Crippen molar-refractivity contribution in [2.45, 2.75) is 6.92 Å². The number of halogens is 1. The lowest BCUT2D eigenvalue weighted by Crippen LogP contribution is -2.14. The largest absolute Gasteiger partial charge is 0.305 e. The number of carbonyl (C=O) groups is 1. The average molecular weight is 298 g/mol. The molecule has 1 aromatic carbocycles. The molecule has 2 aromatic heterocycles. The quantitative estimate of drug-likeness (QED) is 0.782. The summed E-state index contributed by atoms with van der Waals surface area (Å²) in [5.41, 5.74) is 2.05. The van der Waals surface area contributed by atoms with Crippen molar-refractivity contribution in [3.8, 4) is 0 Å². The number of carbonyl (C=O) groups excluding carboxylic acids is 1. The first kappa shape index (κ1) is 13.5. The molecule has 0 atom stereocenters. The van der Waals surface area contributed by atoms with E-state index in [0.717, 1.165) is 10.9 Å². The molecule has 0 fully saturated rings. The maximum absolute atomic E-state index is 12.2. The summed E-state index contributed by atoms with van der Waals surface area (Å²) in [5, 5.41) is 4.24. The topological polar surface area (TPSA) is 54.9 Å². The number of amides is 1. The number of benzene rings is 1. The Morgan fingerprint density at radius 1 is 1.14 bits per heavy atom. The summed E-state index contributed by atoms with van der Waals surface area (Å²) in [4.78, 5) is 20.6. The van der Waals surface area contributed by atoms with Gasteiger partial charge in [0.25, 0.3) is 5.91 Å². The van der Waals surface area contributed by atoms with Crippen LogP contribution in [0, 0.1) is 6.92 Å². The Kier molecular flexibility index (Phi) is 3.54. The minimum Gasteiger partial charge on any atom is -0.305 e. The number of rotatable bonds is 2. The van der Waals surface area contributed by atoms with Gasteiger partial charge in [0.05, 0.1) is 5.52 Å². The standard InChI is InChI=1S/C16H12ClN3O/c1-10-2-7-15(18-9-10)20-16(21)13-6-4-11-3-5-12(17)8-14(11)19-13/h2-9H,1H3,(H,18,20,21). The second kappa shape index (κ2) is 5.50. The predicted molar refractivity (Wildman–Crippen MR) is 83.7 cm³/mol. The maximum Gasteiger partial charge on any atom is 0.275 e. The van der Waals surface area contributed by atoms with Crippen molar-refractivity contribution in [2.24, 2.45) is 0 Å². The number of hydrogen-bond donors (Lipinski definition) is 1. The van der Waals surface area contributed by atoms with Gasteiger partial charge >= 0.3 is 0 Å². The van der Waals surface area contributed by atoms with Gasteiger partial charge in [0, 0.05) is 16.6 Å². The number of fused-ring (bicyclic) bond motifs is 1. The third kappa shape index (κ3) is 3.01. The van der Waals surface area contributed by atoms with Crippen LogP contribution in [-0.4, -0.2) is 15.9 Å². The summed E-state index contributed by atoms with van der Waals surface area (Å²) in [6.07, 6.45) is 1.70. The third-order valence-corrected chi connectivity index (χ3v) is 3.27. The fourth-order valence-electron chi connectivity index (χ4n) is 1.94. The Balaban J connectivity index is 1.88. The van der Waals surface area contributed by atoms with Crippen LogP contribution in [0.5, 0.6) is 0 Å². The summed E-state index contributed by atoms with van der Waals surface area (Å²) in [6, 6.07) is 12.6. The van der Waals surface area contributed by atoms with E-state index >= 15 is 0 Å². The number of aryl methyl sites for hydroxylation is 1. The van der Waals surface area contributed by atoms with Gasteiger partial charge in [-0.15, -0.1) is 0 Å². The zero-order chi connectivity index (χ0) is 14.8. The molecule has 0 aliphatic rings. The van der Waals surface area contributed by atoms with Crippen LogP contribution < -0.4 is 5.32 Å². The van der Waals surface area contributed by atoms with Gasteiger partial charge in [0.15, 0.2) is 0 Å². The molecule has 0 saturated heterocycles. The van der Waals surface area contributed by atoms with Crippen molar-refractivity contribution in [3.63, 3.8) is 0 Å². The van der Waals surface area contributed by atoms with Crippen LogP contribution in [0.4, 0.5) is 5.82 Å². The first-order chi connectivity index (χ1) is 10.1. The van der Waals surface area contributed by atoms with Crippen LogP contribution >= 0.6 is 11.6 Å². The SMILES string of the molecule is Cc1ccc(NC(=O)c2ccc3ccc(Cl)cc3n2)nc1. The van der Waals surface area contributed by atoms with E-state index in [1.54, 1.807) is 30.5 Å². The van der Waals surface area contributed by atoms with E-state index in [0.29, 0.717) is 22.1 Å². The minimum atomic E-state index is -0.298. The number of pyridine rings is 2. The summed E-state index contributed by atoms with van der Waals surface area (Å²) in [6.45, 7) is 1.94. The molecular weight excluding hydrogens is 286 g/mol. The molecule has 0 bridgehead atoms. The van der Waals surface area contributed by atoms with Gasteiger partial charge in [-0.3, -0.25) is 4.79 Å². The highest BCUT2D eigenvalue weighted by Crippen LogP contribution is 2.18. The minimum absolute atomic E-state index is 0.298. The second-order valence-electron chi connectivity index (χ2n) is 4.71. The first-order valence-electron chi connectivity index (χ1n) is 6.42. The Hall–Kier alpha value is -2.46. The van der Waals surface area contributed by atoms with Crippen molar-refractivity contribution >= 4 is 34.2 Å². The van der Waals surface area contributed by atoms with E-state index in [9.17, 15) is 4.79 Å². The van der Waals surface area contributed by atoms with Crippen LogP contribution in [0.25, 0.3) is 10.9 Å². The molecule has 2 heterocycles. The van der Waals surface area contributed by atoms with Crippen LogP contribution in [0.1, 0.15) is 16.1 Å². The molecule has 3 aromatic rings. The molecule has 4 nitrogen and oxygen atoms in total. The van der Waals surface area contributed by atoms with E-state index in [2.05, 4.69) is 15.3 Å². The maximum atomic E-state index is 12.2. The van der Waals surface area contributed by atoms with E-state index in [1.807, 2.05) is 25.1 Å². The van der Waals surface area contributed by atoms with E-state index in [-0.39, 0.29) is 5.91 Å². The highest BCUT2D eigenvalue weighted by atomic mass is 35.5. The first-order valence-corrected chi connectivity index (χ1v) is 6.80. The van der Waals surface area contributed by atoms with Gasteiger partial charge in [0.2, 0.25) is 0 Å². The van der Waals surface area contributed by atoms with Gasteiger partial charge in [0.1, 0.15) is 11.5 Å². The molecule has 1 N–H and O–H groups in total. The highest BCUT2D eigenvalue weighted by Gasteiger charge is 2.09. The van der Waals surface area contributed by atoms with Crippen molar-refractivity contribution < 1.29 is 4.79 Å². The normalized spacial score (nSPS) is 10.6. The van der Waals surface area contributed by atoms with Gasteiger partial charge in [-0.05, 0) is 36.8 Å². The highest BCUT2D eigenvalue weighted by molar-refractivity contribution is 6.31. The Morgan fingerprint density at radius 2 is 1.95 bits per heavy atom. The molecule has 0 radical (unpaired) electrons. The molecule has 3 rings (SSSR count). The van der Waals surface area contributed by atoms with Gasteiger partial charge in [-0.25, -0.2) is 9.97 Å². The van der Waals surface area contributed by atoms with Crippen molar-refractivity contribution in [1.82, 2.24) is 9.97 Å². The molecule has 0 aliphatic carbocycles. The molecule has 104 valence electrons. The molecule has 0 aliphatic heterocycles. The Labute approximate surface area is 126 Å².